The summed E-state index contributed by atoms with van der Waals surface area (Å²) in [5.41, 5.74) is 0.806. The van der Waals surface area contributed by atoms with Crippen LogP contribution in [-0.2, 0) is 16.6 Å². The Morgan fingerprint density at radius 3 is 2.96 bits per heavy atom. The lowest BCUT2D eigenvalue weighted by Gasteiger charge is -2.11. The van der Waals surface area contributed by atoms with Crippen LogP contribution in [0.25, 0.3) is 11.0 Å². The van der Waals surface area contributed by atoms with Gasteiger partial charge in [-0.2, -0.15) is 5.10 Å². The van der Waals surface area contributed by atoms with E-state index in [0.29, 0.717) is 18.8 Å². The molecule has 3 rings (SSSR count). The van der Waals surface area contributed by atoms with Crippen LogP contribution in [0.2, 0.25) is 0 Å². The van der Waals surface area contributed by atoms with Gasteiger partial charge in [0.1, 0.15) is 17.7 Å². The molecule has 1 fully saturated rings. The van der Waals surface area contributed by atoms with Gasteiger partial charge in [-0.05, 0) is 39.0 Å². The Kier molecular flexibility index (Phi) is 4.73. The number of hydrogen-bond acceptors (Lipinski definition) is 6. The topological polar surface area (TPSA) is 81.9 Å². The van der Waals surface area contributed by atoms with E-state index in [1.165, 1.54) is 12.8 Å². The van der Waals surface area contributed by atoms with Crippen LogP contribution in [-0.4, -0.2) is 38.4 Å². The fourth-order valence-corrected chi connectivity index (χ4v) is 2.96. The molecule has 7 heteroatoms. The average molecular weight is 317 g/mol. The predicted octanol–water partition coefficient (Wildman–Crippen LogP) is 2.35. The molecule has 0 radical (unpaired) electrons. The monoisotopic (exact) mass is 317 g/mol. The molecule has 2 heterocycles. The highest BCUT2D eigenvalue weighted by Gasteiger charge is 2.18. The number of carbonyl (C=O) groups excluding carboxylic acids is 1. The van der Waals surface area contributed by atoms with E-state index in [-0.39, 0.29) is 12.1 Å². The Balaban J connectivity index is 1.50. The lowest BCUT2D eigenvalue weighted by Crippen LogP contribution is -2.15. The SMILES string of the molecule is Cc1nc(NCCCC(=O)OC2CCCC2)c2cnn(C)c2n1. The molecule has 1 saturated carbocycles. The molecule has 23 heavy (non-hydrogen) atoms. The first kappa shape index (κ1) is 15.7. The fourth-order valence-electron chi connectivity index (χ4n) is 2.96. The number of anilines is 1. The number of fused-ring (bicyclic) bond motifs is 1. The molecule has 0 amide bonds. The Bertz CT molecular complexity index is 691. The number of carbonyl (C=O) groups is 1. The van der Waals surface area contributed by atoms with Crippen molar-refractivity contribution in [3.8, 4) is 0 Å². The van der Waals surface area contributed by atoms with Crippen molar-refractivity contribution >= 4 is 22.8 Å². The molecule has 1 aliphatic rings. The number of hydrogen-bond donors (Lipinski definition) is 1. The Morgan fingerprint density at radius 1 is 1.39 bits per heavy atom. The summed E-state index contributed by atoms with van der Waals surface area (Å²) in [6.07, 6.45) is 7.44. The van der Waals surface area contributed by atoms with Crippen molar-refractivity contribution in [2.75, 3.05) is 11.9 Å². The zero-order valence-electron chi connectivity index (χ0n) is 13.7. The van der Waals surface area contributed by atoms with Gasteiger partial charge in [0.25, 0.3) is 0 Å². The lowest BCUT2D eigenvalue weighted by atomic mass is 10.3. The van der Waals surface area contributed by atoms with Crippen LogP contribution in [0.4, 0.5) is 5.82 Å². The molecule has 1 N–H and O–H groups in total. The molecule has 0 atom stereocenters. The predicted molar refractivity (Wildman–Crippen MR) is 87.1 cm³/mol. The normalized spacial score (nSPS) is 15.2. The van der Waals surface area contributed by atoms with Gasteiger partial charge in [-0.1, -0.05) is 0 Å². The highest BCUT2D eigenvalue weighted by atomic mass is 16.5. The summed E-state index contributed by atoms with van der Waals surface area (Å²) in [6, 6.07) is 0. The number of esters is 1. The summed E-state index contributed by atoms with van der Waals surface area (Å²) < 4.78 is 7.18. The third kappa shape index (κ3) is 3.78. The summed E-state index contributed by atoms with van der Waals surface area (Å²) in [7, 11) is 1.86. The van der Waals surface area contributed by atoms with E-state index in [1.54, 1.807) is 10.9 Å². The molecule has 124 valence electrons. The Labute approximate surface area is 135 Å². The summed E-state index contributed by atoms with van der Waals surface area (Å²) in [4.78, 5) is 20.6. The van der Waals surface area contributed by atoms with Crippen molar-refractivity contribution in [3.63, 3.8) is 0 Å². The standard InChI is InChI=1S/C16H23N5O2/c1-11-19-15(13-10-18-21(2)16(13)20-11)17-9-5-8-14(22)23-12-6-3-4-7-12/h10,12H,3-9H2,1-2H3,(H,17,19,20). The van der Waals surface area contributed by atoms with E-state index >= 15 is 0 Å². The summed E-state index contributed by atoms with van der Waals surface area (Å²) >= 11 is 0. The average Bonchev–Trinajstić information content (AvgIpc) is 3.14. The van der Waals surface area contributed by atoms with Gasteiger partial charge in [0.2, 0.25) is 0 Å². The Morgan fingerprint density at radius 2 is 2.17 bits per heavy atom. The minimum atomic E-state index is -0.0934. The van der Waals surface area contributed by atoms with Crippen LogP contribution < -0.4 is 5.32 Å². The van der Waals surface area contributed by atoms with Crippen molar-refractivity contribution in [3.05, 3.63) is 12.0 Å². The summed E-state index contributed by atoms with van der Waals surface area (Å²) in [5, 5.41) is 8.39. The second-order valence-electron chi connectivity index (χ2n) is 6.05. The molecule has 0 saturated heterocycles. The molecule has 0 bridgehead atoms. The molecular weight excluding hydrogens is 294 g/mol. The Hall–Kier alpha value is -2.18. The van der Waals surface area contributed by atoms with Gasteiger partial charge in [-0.15, -0.1) is 0 Å². The second kappa shape index (κ2) is 6.93. The van der Waals surface area contributed by atoms with Crippen molar-refractivity contribution in [2.24, 2.45) is 7.05 Å². The lowest BCUT2D eigenvalue weighted by molar-refractivity contribution is -0.148. The molecule has 7 nitrogen and oxygen atoms in total. The largest absolute Gasteiger partial charge is 0.462 e. The van der Waals surface area contributed by atoms with Crippen molar-refractivity contribution in [1.82, 2.24) is 19.7 Å². The third-order valence-electron chi connectivity index (χ3n) is 4.15. The summed E-state index contributed by atoms with van der Waals surface area (Å²) in [6.45, 7) is 2.52. The molecule has 0 unspecified atom stereocenters. The van der Waals surface area contributed by atoms with Gasteiger partial charge >= 0.3 is 5.97 Å². The summed E-state index contributed by atoms with van der Waals surface area (Å²) in [5.74, 6) is 1.37. The van der Waals surface area contributed by atoms with Gasteiger partial charge < -0.3 is 10.1 Å². The number of rotatable bonds is 6. The molecule has 0 spiro atoms. The zero-order chi connectivity index (χ0) is 16.2. The van der Waals surface area contributed by atoms with Crippen LogP contribution in [0.5, 0.6) is 0 Å². The van der Waals surface area contributed by atoms with E-state index in [1.807, 2.05) is 14.0 Å². The maximum atomic E-state index is 11.8. The first-order valence-electron chi connectivity index (χ1n) is 8.23. The molecule has 2 aromatic rings. The minimum Gasteiger partial charge on any atom is -0.462 e. The van der Waals surface area contributed by atoms with Crippen molar-refractivity contribution in [1.29, 1.82) is 0 Å². The molecule has 0 aromatic carbocycles. The quantitative estimate of drug-likeness (QED) is 0.650. The fraction of sp³-hybridized carbons (Fsp3) is 0.625. The van der Waals surface area contributed by atoms with E-state index < -0.39 is 0 Å². The number of aryl methyl sites for hydroxylation is 2. The minimum absolute atomic E-state index is 0.0934. The maximum absolute atomic E-state index is 11.8. The first-order valence-corrected chi connectivity index (χ1v) is 8.23. The smallest absolute Gasteiger partial charge is 0.306 e. The molecule has 0 aliphatic heterocycles. The zero-order valence-corrected chi connectivity index (χ0v) is 13.7. The van der Waals surface area contributed by atoms with Crippen LogP contribution in [0.15, 0.2) is 6.20 Å². The van der Waals surface area contributed by atoms with Crippen molar-refractivity contribution < 1.29 is 9.53 Å². The van der Waals surface area contributed by atoms with Crippen LogP contribution >= 0.6 is 0 Å². The van der Waals surface area contributed by atoms with E-state index in [0.717, 1.165) is 36.1 Å². The van der Waals surface area contributed by atoms with Crippen molar-refractivity contribution in [2.45, 2.75) is 51.6 Å². The van der Waals surface area contributed by atoms with Gasteiger partial charge in [-0.25, -0.2) is 9.97 Å². The number of nitrogens with zero attached hydrogens (tertiary/aromatic N) is 4. The molecular formula is C16H23N5O2. The highest BCUT2D eigenvalue weighted by molar-refractivity contribution is 5.86. The van der Waals surface area contributed by atoms with E-state index in [4.69, 9.17) is 4.74 Å². The molecule has 2 aromatic heterocycles. The maximum Gasteiger partial charge on any atom is 0.306 e. The van der Waals surface area contributed by atoms with E-state index in [9.17, 15) is 4.79 Å². The second-order valence-corrected chi connectivity index (χ2v) is 6.05. The number of nitrogens with one attached hydrogen (secondary N) is 1. The first-order chi connectivity index (χ1) is 11.1. The van der Waals surface area contributed by atoms with Gasteiger partial charge in [0.05, 0.1) is 11.6 Å². The third-order valence-corrected chi connectivity index (χ3v) is 4.15. The molecule has 1 aliphatic carbocycles. The number of ether oxygens (including phenoxy) is 1. The van der Waals surface area contributed by atoms with Gasteiger partial charge in [-0.3, -0.25) is 9.48 Å². The highest BCUT2D eigenvalue weighted by Crippen LogP contribution is 2.22. The van der Waals surface area contributed by atoms with Crippen LogP contribution in [0.3, 0.4) is 0 Å². The number of aromatic nitrogens is 4. The van der Waals surface area contributed by atoms with Gasteiger partial charge in [0.15, 0.2) is 5.65 Å². The van der Waals surface area contributed by atoms with Crippen LogP contribution in [0.1, 0.15) is 44.3 Å². The van der Waals surface area contributed by atoms with Crippen LogP contribution in [0, 0.1) is 6.92 Å². The van der Waals surface area contributed by atoms with E-state index in [2.05, 4.69) is 20.4 Å². The van der Waals surface area contributed by atoms with Gasteiger partial charge in [0, 0.05) is 20.0 Å².